The fourth-order valence-corrected chi connectivity index (χ4v) is 2.40. The topological polar surface area (TPSA) is 53.4 Å². The molecule has 1 saturated heterocycles. The smallest absolute Gasteiger partial charge is 0.337 e. The van der Waals surface area contributed by atoms with Gasteiger partial charge in [-0.05, 0) is 37.3 Å². The van der Waals surface area contributed by atoms with Gasteiger partial charge in [0.2, 0.25) is 0 Å². The van der Waals surface area contributed by atoms with Gasteiger partial charge >= 0.3 is 5.97 Å². The Hall–Kier alpha value is -1.58. The van der Waals surface area contributed by atoms with Crippen LogP contribution in [0.5, 0.6) is 0 Å². The molecule has 0 radical (unpaired) electrons. The first-order chi connectivity index (χ1) is 8.08. The molecule has 4 heteroatoms. The summed E-state index contributed by atoms with van der Waals surface area (Å²) in [4.78, 5) is 17.4. The highest BCUT2D eigenvalue weighted by Crippen LogP contribution is 2.24. The van der Waals surface area contributed by atoms with Crippen LogP contribution in [0.2, 0.25) is 0 Å². The highest BCUT2D eigenvalue weighted by Gasteiger charge is 2.19. The lowest BCUT2D eigenvalue weighted by Crippen LogP contribution is -2.35. The average molecular weight is 234 g/mol. The van der Waals surface area contributed by atoms with Crippen molar-refractivity contribution >= 4 is 11.8 Å². The van der Waals surface area contributed by atoms with Gasteiger partial charge in [0.05, 0.1) is 5.56 Å². The summed E-state index contributed by atoms with van der Waals surface area (Å²) in [5.74, 6) is 0.699. The van der Waals surface area contributed by atoms with Gasteiger partial charge in [-0.1, -0.05) is 6.92 Å². The quantitative estimate of drug-likeness (QED) is 0.853. The highest BCUT2D eigenvalue weighted by molar-refractivity contribution is 5.87. The van der Waals surface area contributed by atoms with E-state index in [4.69, 9.17) is 5.11 Å². The van der Waals surface area contributed by atoms with Crippen LogP contribution < -0.4 is 4.90 Å². The molecule has 0 bridgehead atoms. The van der Waals surface area contributed by atoms with Crippen molar-refractivity contribution in [2.45, 2.75) is 26.7 Å². The Kier molecular flexibility index (Phi) is 3.31. The molecule has 1 aliphatic rings. The fraction of sp³-hybridized carbons (Fsp3) is 0.538. The van der Waals surface area contributed by atoms with Crippen LogP contribution in [0.4, 0.5) is 5.82 Å². The van der Waals surface area contributed by atoms with Crippen molar-refractivity contribution in [1.82, 2.24) is 4.98 Å². The van der Waals surface area contributed by atoms with Gasteiger partial charge < -0.3 is 10.0 Å². The molecule has 92 valence electrons. The summed E-state index contributed by atoms with van der Waals surface area (Å²) in [5, 5.41) is 8.90. The Morgan fingerprint density at radius 1 is 1.59 bits per heavy atom. The number of aromatic nitrogens is 1. The zero-order valence-corrected chi connectivity index (χ0v) is 10.3. The van der Waals surface area contributed by atoms with Gasteiger partial charge in [0.15, 0.2) is 0 Å². The van der Waals surface area contributed by atoms with E-state index in [2.05, 4.69) is 16.8 Å². The largest absolute Gasteiger partial charge is 0.478 e. The summed E-state index contributed by atoms with van der Waals surface area (Å²) in [6, 6.07) is 1.70. The van der Waals surface area contributed by atoms with E-state index < -0.39 is 5.97 Å². The molecule has 0 aromatic carbocycles. The van der Waals surface area contributed by atoms with Crippen molar-refractivity contribution in [3.8, 4) is 0 Å². The van der Waals surface area contributed by atoms with E-state index in [1.54, 1.807) is 6.07 Å². The van der Waals surface area contributed by atoms with Crippen LogP contribution in [-0.2, 0) is 0 Å². The Bertz CT molecular complexity index is 431. The molecule has 1 aliphatic heterocycles. The predicted molar refractivity (Wildman–Crippen MR) is 66.5 cm³/mol. The molecular formula is C13H18N2O2. The summed E-state index contributed by atoms with van der Waals surface area (Å²) in [7, 11) is 0. The minimum atomic E-state index is -0.917. The molecule has 0 spiro atoms. The van der Waals surface area contributed by atoms with Gasteiger partial charge in [0.25, 0.3) is 0 Å². The number of aryl methyl sites for hydroxylation is 1. The van der Waals surface area contributed by atoms with Crippen molar-refractivity contribution < 1.29 is 9.90 Å². The standard InChI is InChI=1S/C13H18N2O2/c1-9-4-3-5-15(8-9)12-10(2)6-11(7-14-12)13(16)17/h6-7,9H,3-5,8H2,1-2H3,(H,16,17). The number of carboxylic acid groups (broad SMARTS) is 1. The molecule has 0 amide bonds. The third kappa shape index (κ3) is 2.57. The average Bonchev–Trinajstić information content (AvgIpc) is 2.28. The normalized spacial score (nSPS) is 20.4. The molecule has 1 unspecified atom stereocenters. The first-order valence-corrected chi connectivity index (χ1v) is 6.03. The van der Waals surface area contributed by atoms with Crippen LogP contribution in [0.3, 0.4) is 0 Å². The van der Waals surface area contributed by atoms with Gasteiger partial charge in [-0.25, -0.2) is 9.78 Å². The molecule has 1 fully saturated rings. The highest BCUT2D eigenvalue weighted by atomic mass is 16.4. The molecule has 2 rings (SSSR count). The number of anilines is 1. The van der Waals surface area contributed by atoms with Crippen LogP contribution >= 0.6 is 0 Å². The second-order valence-corrected chi connectivity index (χ2v) is 4.86. The van der Waals surface area contributed by atoms with Crippen LogP contribution in [-0.4, -0.2) is 29.1 Å². The number of carbonyl (C=O) groups is 1. The Morgan fingerprint density at radius 3 is 2.94 bits per heavy atom. The number of pyridine rings is 1. The third-order valence-corrected chi connectivity index (χ3v) is 3.25. The fourth-order valence-electron chi connectivity index (χ4n) is 2.40. The SMILES string of the molecule is Cc1cc(C(=O)O)cnc1N1CCCC(C)C1. The van der Waals surface area contributed by atoms with Crippen molar-refractivity contribution in [3.05, 3.63) is 23.4 Å². The summed E-state index contributed by atoms with van der Waals surface area (Å²) in [5.41, 5.74) is 1.20. The molecule has 2 heterocycles. The minimum absolute atomic E-state index is 0.260. The molecular weight excluding hydrogens is 216 g/mol. The molecule has 1 atom stereocenters. The number of piperidine rings is 1. The number of aromatic carboxylic acids is 1. The van der Waals surface area contributed by atoms with Crippen molar-refractivity contribution in [3.63, 3.8) is 0 Å². The predicted octanol–water partition coefficient (Wildman–Crippen LogP) is 2.32. The van der Waals surface area contributed by atoms with Crippen molar-refractivity contribution in [2.24, 2.45) is 5.92 Å². The van der Waals surface area contributed by atoms with E-state index >= 15 is 0 Å². The number of hydrogen-bond acceptors (Lipinski definition) is 3. The van der Waals surface area contributed by atoms with Crippen LogP contribution in [0, 0.1) is 12.8 Å². The third-order valence-electron chi connectivity index (χ3n) is 3.25. The maximum Gasteiger partial charge on any atom is 0.337 e. The van der Waals surface area contributed by atoms with Gasteiger partial charge in [-0.2, -0.15) is 0 Å². The molecule has 0 saturated carbocycles. The Morgan fingerprint density at radius 2 is 2.35 bits per heavy atom. The van der Waals surface area contributed by atoms with Gasteiger partial charge in [-0.15, -0.1) is 0 Å². The monoisotopic (exact) mass is 234 g/mol. The lowest BCUT2D eigenvalue weighted by atomic mass is 10.00. The van der Waals surface area contributed by atoms with E-state index in [9.17, 15) is 4.79 Å². The van der Waals surface area contributed by atoms with Gasteiger partial charge in [0, 0.05) is 19.3 Å². The Balaban J connectivity index is 2.23. The summed E-state index contributed by atoms with van der Waals surface area (Å²) < 4.78 is 0. The Labute approximate surface area is 101 Å². The lowest BCUT2D eigenvalue weighted by molar-refractivity contribution is 0.0696. The molecule has 17 heavy (non-hydrogen) atoms. The van der Waals surface area contributed by atoms with Crippen LogP contribution in [0.15, 0.2) is 12.3 Å². The van der Waals surface area contributed by atoms with Gasteiger partial charge in [-0.3, -0.25) is 0 Å². The maximum absolute atomic E-state index is 10.8. The summed E-state index contributed by atoms with van der Waals surface area (Å²) in [6.45, 7) is 6.20. The molecule has 4 nitrogen and oxygen atoms in total. The lowest BCUT2D eigenvalue weighted by Gasteiger charge is -2.32. The second kappa shape index (κ2) is 4.73. The number of nitrogens with zero attached hydrogens (tertiary/aromatic N) is 2. The summed E-state index contributed by atoms with van der Waals surface area (Å²) >= 11 is 0. The van der Waals surface area contributed by atoms with E-state index in [0.717, 1.165) is 24.5 Å². The van der Waals surface area contributed by atoms with Crippen molar-refractivity contribution in [1.29, 1.82) is 0 Å². The zero-order valence-electron chi connectivity index (χ0n) is 10.3. The molecule has 0 aliphatic carbocycles. The van der Waals surface area contributed by atoms with Crippen LogP contribution in [0.1, 0.15) is 35.7 Å². The molecule has 1 aromatic heterocycles. The number of hydrogen-bond donors (Lipinski definition) is 1. The van der Waals surface area contributed by atoms with E-state index in [1.165, 1.54) is 19.0 Å². The van der Waals surface area contributed by atoms with E-state index in [0.29, 0.717) is 5.92 Å². The first kappa shape index (κ1) is 11.9. The van der Waals surface area contributed by atoms with Crippen molar-refractivity contribution in [2.75, 3.05) is 18.0 Å². The number of rotatable bonds is 2. The van der Waals surface area contributed by atoms with Crippen LogP contribution in [0.25, 0.3) is 0 Å². The first-order valence-electron chi connectivity index (χ1n) is 6.03. The maximum atomic E-state index is 10.8. The summed E-state index contributed by atoms with van der Waals surface area (Å²) in [6.07, 6.45) is 3.90. The zero-order chi connectivity index (χ0) is 12.4. The van der Waals surface area contributed by atoms with E-state index in [-0.39, 0.29) is 5.56 Å². The number of carboxylic acids is 1. The second-order valence-electron chi connectivity index (χ2n) is 4.86. The minimum Gasteiger partial charge on any atom is -0.478 e. The molecule has 1 aromatic rings. The molecule has 1 N–H and O–H groups in total. The van der Waals surface area contributed by atoms with E-state index in [1.807, 2.05) is 6.92 Å². The van der Waals surface area contributed by atoms with Gasteiger partial charge in [0.1, 0.15) is 5.82 Å².